The Morgan fingerprint density at radius 1 is 1.53 bits per heavy atom. The van der Waals surface area contributed by atoms with Crippen molar-refractivity contribution in [2.24, 2.45) is 0 Å². The number of carboxylic acid groups (broad SMARTS) is 1. The van der Waals surface area contributed by atoms with Gasteiger partial charge in [-0.1, -0.05) is 0 Å². The summed E-state index contributed by atoms with van der Waals surface area (Å²) in [5.74, 6) is -1.03. The van der Waals surface area contributed by atoms with Crippen molar-refractivity contribution in [3.05, 3.63) is 32.3 Å². The van der Waals surface area contributed by atoms with Crippen LogP contribution in [0.15, 0.2) is 23.0 Å². The van der Waals surface area contributed by atoms with E-state index < -0.39 is 11.7 Å². The van der Waals surface area contributed by atoms with Gasteiger partial charge in [0.2, 0.25) is 0 Å². The largest absolute Gasteiger partial charge is 0.480 e. The van der Waals surface area contributed by atoms with Gasteiger partial charge in [-0.2, -0.15) is 0 Å². The maximum absolute atomic E-state index is 11.4. The summed E-state index contributed by atoms with van der Waals surface area (Å²) < 4.78 is 2.16. The average Bonchev–Trinajstić information content (AvgIpc) is 2.43. The summed E-state index contributed by atoms with van der Waals surface area (Å²) in [5, 5.41) is 8.66. The van der Waals surface area contributed by atoms with Gasteiger partial charge in [-0.05, 0) is 40.8 Å². The molecule has 1 aromatic heterocycles. The molecule has 78 valence electrons. The zero-order chi connectivity index (χ0) is 11.0. The van der Waals surface area contributed by atoms with E-state index in [2.05, 4.69) is 27.6 Å². The molecule has 5 nitrogen and oxygen atoms in total. The van der Waals surface area contributed by atoms with Crippen LogP contribution < -0.4 is 5.69 Å². The fraction of sp³-hybridized carbons (Fsp3) is 0.111. The van der Waals surface area contributed by atoms with Crippen molar-refractivity contribution in [2.45, 2.75) is 6.54 Å². The molecule has 15 heavy (non-hydrogen) atoms. The van der Waals surface area contributed by atoms with E-state index in [1.54, 1.807) is 12.1 Å². The monoisotopic (exact) mass is 318 g/mol. The highest BCUT2D eigenvalue weighted by Gasteiger charge is 2.09. The van der Waals surface area contributed by atoms with Crippen molar-refractivity contribution in [3.8, 4) is 0 Å². The molecule has 1 heterocycles. The van der Waals surface area contributed by atoms with Gasteiger partial charge < -0.3 is 10.1 Å². The summed E-state index contributed by atoms with van der Waals surface area (Å²) in [5.41, 5.74) is 0.880. The van der Waals surface area contributed by atoms with Crippen LogP contribution in [0.3, 0.4) is 0 Å². The van der Waals surface area contributed by atoms with Crippen LogP contribution in [-0.2, 0) is 11.3 Å². The third-order valence-electron chi connectivity index (χ3n) is 2.03. The number of aliphatic carboxylic acids is 1. The molecule has 0 amide bonds. The highest BCUT2D eigenvalue weighted by atomic mass is 127. The fourth-order valence-electron chi connectivity index (χ4n) is 1.42. The standard InChI is InChI=1S/C9H7IN2O3/c10-5-1-2-6-7(3-5)12(4-8(13)14)9(15)11-6/h1-3H,4H2,(H,11,15)(H,13,14). The van der Waals surface area contributed by atoms with E-state index in [1.807, 2.05) is 6.07 Å². The van der Waals surface area contributed by atoms with Crippen molar-refractivity contribution in [1.82, 2.24) is 9.55 Å². The van der Waals surface area contributed by atoms with Gasteiger partial charge in [0.15, 0.2) is 0 Å². The van der Waals surface area contributed by atoms with E-state index in [-0.39, 0.29) is 6.54 Å². The number of nitrogens with one attached hydrogen (secondary N) is 1. The normalized spacial score (nSPS) is 10.7. The Bertz CT molecular complexity index is 585. The maximum Gasteiger partial charge on any atom is 0.327 e. The molecule has 0 saturated heterocycles. The third-order valence-corrected chi connectivity index (χ3v) is 2.70. The number of hydrogen-bond donors (Lipinski definition) is 2. The van der Waals surface area contributed by atoms with E-state index in [0.29, 0.717) is 11.0 Å². The van der Waals surface area contributed by atoms with Crippen LogP contribution in [0.5, 0.6) is 0 Å². The van der Waals surface area contributed by atoms with Crippen LogP contribution in [0.4, 0.5) is 0 Å². The van der Waals surface area contributed by atoms with E-state index in [1.165, 1.54) is 4.57 Å². The number of rotatable bonds is 2. The van der Waals surface area contributed by atoms with E-state index in [4.69, 9.17) is 5.11 Å². The summed E-state index contributed by atoms with van der Waals surface area (Å²) >= 11 is 2.11. The minimum absolute atomic E-state index is 0.321. The molecule has 0 aliphatic carbocycles. The Morgan fingerprint density at radius 3 is 2.93 bits per heavy atom. The van der Waals surface area contributed by atoms with Crippen LogP contribution in [0.2, 0.25) is 0 Å². The number of hydrogen-bond acceptors (Lipinski definition) is 2. The number of benzene rings is 1. The molecule has 0 aliphatic heterocycles. The molecule has 1 aromatic carbocycles. The molecule has 2 aromatic rings. The van der Waals surface area contributed by atoms with Crippen LogP contribution >= 0.6 is 22.6 Å². The highest BCUT2D eigenvalue weighted by molar-refractivity contribution is 14.1. The number of imidazole rings is 1. The van der Waals surface area contributed by atoms with Crippen LogP contribution in [0.25, 0.3) is 11.0 Å². The number of aromatic nitrogens is 2. The number of carboxylic acids is 1. The lowest BCUT2D eigenvalue weighted by molar-refractivity contribution is -0.137. The molecule has 0 spiro atoms. The predicted octanol–water partition coefficient (Wildman–Crippen LogP) is 1.02. The molecule has 0 radical (unpaired) electrons. The van der Waals surface area contributed by atoms with Gasteiger partial charge >= 0.3 is 11.7 Å². The van der Waals surface area contributed by atoms with Crippen molar-refractivity contribution in [1.29, 1.82) is 0 Å². The average molecular weight is 318 g/mol. The lowest BCUT2D eigenvalue weighted by Crippen LogP contribution is -2.21. The Balaban J connectivity index is 2.70. The lowest BCUT2D eigenvalue weighted by Gasteiger charge is -1.98. The number of H-pyrrole nitrogens is 1. The molecule has 0 fully saturated rings. The number of carbonyl (C=O) groups is 1. The first-order valence-corrected chi connectivity index (χ1v) is 5.25. The van der Waals surface area contributed by atoms with Crippen LogP contribution in [0.1, 0.15) is 0 Å². The zero-order valence-corrected chi connectivity index (χ0v) is 9.69. The maximum atomic E-state index is 11.4. The zero-order valence-electron chi connectivity index (χ0n) is 7.53. The minimum Gasteiger partial charge on any atom is -0.480 e. The summed E-state index contributed by atoms with van der Waals surface area (Å²) in [6.45, 7) is -0.321. The molecule has 0 bridgehead atoms. The first-order valence-electron chi connectivity index (χ1n) is 4.18. The van der Waals surface area contributed by atoms with Crippen molar-refractivity contribution >= 4 is 39.6 Å². The topological polar surface area (TPSA) is 75.1 Å². The van der Waals surface area contributed by atoms with E-state index in [9.17, 15) is 9.59 Å². The van der Waals surface area contributed by atoms with Gasteiger partial charge in [0.05, 0.1) is 11.0 Å². The first kappa shape index (κ1) is 10.2. The summed E-state index contributed by atoms with van der Waals surface area (Å²) in [6, 6.07) is 5.39. The van der Waals surface area contributed by atoms with Crippen LogP contribution in [0, 0.1) is 3.57 Å². The number of aromatic amines is 1. The summed E-state index contributed by atoms with van der Waals surface area (Å²) in [7, 11) is 0. The lowest BCUT2D eigenvalue weighted by atomic mass is 10.3. The Kier molecular flexibility index (Phi) is 2.51. The van der Waals surface area contributed by atoms with Gasteiger partial charge in [0, 0.05) is 3.57 Å². The smallest absolute Gasteiger partial charge is 0.327 e. The second-order valence-corrected chi connectivity index (χ2v) is 4.32. The van der Waals surface area contributed by atoms with Gasteiger partial charge in [0.25, 0.3) is 0 Å². The molecule has 2 N–H and O–H groups in total. The Morgan fingerprint density at radius 2 is 2.27 bits per heavy atom. The number of nitrogens with zero attached hydrogens (tertiary/aromatic N) is 1. The predicted molar refractivity (Wildman–Crippen MR) is 62.9 cm³/mol. The molecule has 2 rings (SSSR count). The Labute approximate surface area is 97.9 Å². The van der Waals surface area contributed by atoms with Crippen LogP contribution in [-0.4, -0.2) is 20.6 Å². The highest BCUT2D eigenvalue weighted by Crippen LogP contribution is 2.14. The van der Waals surface area contributed by atoms with Crippen molar-refractivity contribution < 1.29 is 9.90 Å². The van der Waals surface area contributed by atoms with Gasteiger partial charge in [0.1, 0.15) is 6.54 Å². The number of fused-ring (bicyclic) bond motifs is 1. The summed E-state index contributed by atoms with van der Waals surface area (Å²) in [4.78, 5) is 24.6. The van der Waals surface area contributed by atoms with Gasteiger partial charge in [-0.25, -0.2) is 4.79 Å². The van der Waals surface area contributed by atoms with Gasteiger partial charge in [-0.15, -0.1) is 0 Å². The molecule has 0 unspecified atom stereocenters. The van der Waals surface area contributed by atoms with Crippen molar-refractivity contribution in [2.75, 3.05) is 0 Å². The van der Waals surface area contributed by atoms with Gasteiger partial charge in [-0.3, -0.25) is 9.36 Å². The molecular weight excluding hydrogens is 311 g/mol. The molecular formula is C9H7IN2O3. The van der Waals surface area contributed by atoms with E-state index >= 15 is 0 Å². The Hall–Kier alpha value is -1.31. The fourth-order valence-corrected chi connectivity index (χ4v) is 1.89. The first-order chi connectivity index (χ1) is 7.08. The molecule has 0 aliphatic rings. The molecule has 0 saturated carbocycles. The SMILES string of the molecule is O=C(O)Cn1c(=O)[nH]c2ccc(I)cc21. The summed E-state index contributed by atoms with van der Waals surface area (Å²) in [6.07, 6.45) is 0. The quantitative estimate of drug-likeness (QED) is 0.812. The molecule has 0 atom stereocenters. The third kappa shape index (κ3) is 1.89. The van der Waals surface area contributed by atoms with Crippen molar-refractivity contribution in [3.63, 3.8) is 0 Å². The number of halogens is 1. The second-order valence-electron chi connectivity index (χ2n) is 3.07. The molecule has 6 heteroatoms. The second kappa shape index (κ2) is 3.69. The van der Waals surface area contributed by atoms with E-state index in [0.717, 1.165) is 3.57 Å². The minimum atomic E-state index is -1.03.